The number of benzene rings is 3. The normalized spacial score (nSPS) is 19.5. The first-order valence-electron chi connectivity index (χ1n) is 11.0. The molecule has 2 atom stereocenters. The maximum atomic E-state index is 13.6. The van der Waals surface area contributed by atoms with E-state index in [9.17, 15) is 14.0 Å². The van der Waals surface area contributed by atoms with Crippen molar-refractivity contribution >= 4 is 56.1 Å². The molecule has 0 spiro atoms. The van der Waals surface area contributed by atoms with Crippen molar-refractivity contribution in [2.45, 2.75) is 24.1 Å². The molecule has 1 N–H and O–H groups in total. The van der Waals surface area contributed by atoms with Crippen LogP contribution in [0.1, 0.15) is 30.0 Å². The summed E-state index contributed by atoms with van der Waals surface area (Å²) in [6.45, 7) is 0. The van der Waals surface area contributed by atoms with E-state index < -0.39 is 5.25 Å². The van der Waals surface area contributed by atoms with Crippen molar-refractivity contribution in [1.82, 2.24) is 5.01 Å². The van der Waals surface area contributed by atoms with Crippen LogP contribution in [0.25, 0.3) is 0 Å². The number of amides is 2. The van der Waals surface area contributed by atoms with Crippen molar-refractivity contribution in [2.75, 3.05) is 5.32 Å². The van der Waals surface area contributed by atoms with Crippen LogP contribution in [-0.4, -0.2) is 33.0 Å². The summed E-state index contributed by atoms with van der Waals surface area (Å²) in [4.78, 5) is 29.5. The van der Waals surface area contributed by atoms with Gasteiger partial charge in [0, 0.05) is 23.0 Å². The van der Waals surface area contributed by atoms with Gasteiger partial charge in [0.1, 0.15) is 11.1 Å². The molecule has 6 nitrogen and oxygen atoms in total. The number of carbonyl (C=O) groups excluding carboxylic acids is 2. The standard InChI is InChI=1S/C26H20BrFN4O2S/c27-18-6-4-5-17(13-18)21-14-22(16-9-11-19(28)12-10-16)32(31-21)26-30-25(34)23(35-26)15-24(33)29-20-7-2-1-3-8-20/h1-13,22-23H,14-15H2,(H,29,33)/t22-,23+/m1/s1. The lowest BCUT2D eigenvalue weighted by Gasteiger charge is -2.23. The maximum Gasteiger partial charge on any atom is 0.262 e. The SMILES string of the molecule is O=C(C[C@@H]1SC(N2N=C(c3cccc(Br)c3)C[C@@H]2c2ccc(F)cc2)=NC1=O)Nc1ccccc1. The summed E-state index contributed by atoms with van der Waals surface area (Å²) >= 11 is 4.73. The fourth-order valence-electron chi connectivity index (χ4n) is 3.98. The number of carbonyl (C=O) groups is 2. The zero-order valence-electron chi connectivity index (χ0n) is 18.4. The highest BCUT2D eigenvalue weighted by atomic mass is 79.9. The minimum absolute atomic E-state index is 0.00263. The molecule has 0 aliphatic carbocycles. The lowest BCUT2D eigenvalue weighted by molar-refractivity contribution is -0.121. The number of halogens is 2. The van der Waals surface area contributed by atoms with Crippen molar-refractivity contribution < 1.29 is 14.0 Å². The number of thioether (sulfide) groups is 1. The zero-order valence-corrected chi connectivity index (χ0v) is 20.8. The predicted octanol–water partition coefficient (Wildman–Crippen LogP) is 5.77. The summed E-state index contributed by atoms with van der Waals surface area (Å²) in [5.74, 6) is -0.941. The zero-order chi connectivity index (χ0) is 24.4. The van der Waals surface area contributed by atoms with Gasteiger partial charge in [-0.15, -0.1) is 0 Å². The molecular weight excluding hydrogens is 531 g/mol. The van der Waals surface area contributed by atoms with Crippen LogP contribution >= 0.6 is 27.7 Å². The number of amidine groups is 1. The Morgan fingerprint density at radius 1 is 1.09 bits per heavy atom. The van der Waals surface area contributed by atoms with E-state index in [4.69, 9.17) is 5.10 Å². The maximum absolute atomic E-state index is 13.6. The van der Waals surface area contributed by atoms with Gasteiger partial charge in [0.05, 0.1) is 11.8 Å². The summed E-state index contributed by atoms with van der Waals surface area (Å²) in [6.07, 6.45) is 0.567. The van der Waals surface area contributed by atoms with Crippen LogP contribution < -0.4 is 5.32 Å². The van der Waals surface area contributed by atoms with Crippen LogP contribution in [0, 0.1) is 5.82 Å². The summed E-state index contributed by atoms with van der Waals surface area (Å²) in [7, 11) is 0. The summed E-state index contributed by atoms with van der Waals surface area (Å²) in [5, 5.41) is 9.15. The molecule has 5 rings (SSSR count). The van der Waals surface area contributed by atoms with Crippen LogP contribution in [-0.2, 0) is 9.59 Å². The Hall–Kier alpha value is -3.30. The Balaban J connectivity index is 1.37. The van der Waals surface area contributed by atoms with Crippen LogP contribution in [0.2, 0.25) is 0 Å². The number of hydrogen-bond acceptors (Lipinski definition) is 5. The molecule has 3 aromatic carbocycles. The van der Waals surface area contributed by atoms with Gasteiger partial charge in [-0.05, 0) is 47.5 Å². The number of nitrogens with one attached hydrogen (secondary N) is 1. The molecule has 2 heterocycles. The second kappa shape index (κ2) is 10.1. The molecule has 9 heteroatoms. The highest BCUT2D eigenvalue weighted by molar-refractivity contribution is 9.10. The van der Waals surface area contributed by atoms with Crippen molar-refractivity contribution in [3.05, 3.63) is 100 Å². The first-order chi connectivity index (χ1) is 17.0. The first-order valence-corrected chi connectivity index (χ1v) is 12.7. The molecule has 0 radical (unpaired) electrons. The third kappa shape index (κ3) is 5.36. The van der Waals surface area contributed by atoms with Crippen LogP contribution in [0.4, 0.5) is 10.1 Å². The molecular formula is C26H20BrFN4O2S. The lowest BCUT2D eigenvalue weighted by atomic mass is 9.98. The Bertz CT molecular complexity index is 1330. The van der Waals surface area contributed by atoms with E-state index in [1.54, 1.807) is 29.3 Å². The number of hydrazone groups is 1. The second-order valence-corrected chi connectivity index (χ2v) is 10.2. The smallest absolute Gasteiger partial charge is 0.262 e. The molecule has 3 aromatic rings. The van der Waals surface area contributed by atoms with Crippen molar-refractivity contribution in [3.8, 4) is 0 Å². The molecule has 2 amide bonds. The van der Waals surface area contributed by atoms with Gasteiger partial charge in [0.2, 0.25) is 5.91 Å². The monoisotopic (exact) mass is 550 g/mol. The third-order valence-corrected chi connectivity index (χ3v) is 7.31. The summed E-state index contributed by atoms with van der Waals surface area (Å²) < 4.78 is 14.5. The molecule has 0 saturated heterocycles. The molecule has 0 bridgehead atoms. The van der Waals surface area contributed by atoms with E-state index in [1.165, 1.54) is 23.9 Å². The van der Waals surface area contributed by atoms with Gasteiger partial charge in [-0.1, -0.05) is 70.2 Å². The number of nitrogens with zero attached hydrogens (tertiary/aromatic N) is 3. The topological polar surface area (TPSA) is 74.1 Å². The molecule has 35 heavy (non-hydrogen) atoms. The van der Waals surface area contributed by atoms with Gasteiger partial charge >= 0.3 is 0 Å². The highest BCUT2D eigenvalue weighted by Gasteiger charge is 2.39. The molecule has 176 valence electrons. The van der Waals surface area contributed by atoms with E-state index >= 15 is 0 Å². The Morgan fingerprint density at radius 2 is 1.86 bits per heavy atom. The Morgan fingerprint density at radius 3 is 2.60 bits per heavy atom. The minimum atomic E-state index is -0.632. The van der Waals surface area contributed by atoms with Gasteiger partial charge in [0.25, 0.3) is 5.91 Å². The molecule has 2 aliphatic heterocycles. The van der Waals surface area contributed by atoms with E-state index in [0.29, 0.717) is 17.3 Å². The number of hydrogen-bond donors (Lipinski definition) is 1. The largest absolute Gasteiger partial charge is 0.326 e. The van der Waals surface area contributed by atoms with E-state index in [1.807, 2.05) is 42.5 Å². The van der Waals surface area contributed by atoms with Gasteiger partial charge < -0.3 is 5.32 Å². The highest BCUT2D eigenvalue weighted by Crippen LogP contribution is 2.38. The number of para-hydroxylation sites is 1. The molecule has 0 saturated carbocycles. The fourth-order valence-corrected chi connectivity index (χ4v) is 5.44. The summed E-state index contributed by atoms with van der Waals surface area (Å²) in [5.41, 5.74) is 3.32. The average molecular weight is 551 g/mol. The van der Waals surface area contributed by atoms with Crippen LogP contribution in [0.3, 0.4) is 0 Å². The van der Waals surface area contributed by atoms with Crippen molar-refractivity contribution in [2.24, 2.45) is 10.1 Å². The molecule has 0 unspecified atom stereocenters. The van der Waals surface area contributed by atoms with E-state index in [2.05, 4.69) is 26.2 Å². The average Bonchev–Trinajstić information content (AvgIpc) is 3.44. The van der Waals surface area contributed by atoms with E-state index in [0.717, 1.165) is 21.3 Å². The molecule has 2 aliphatic rings. The van der Waals surface area contributed by atoms with Gasteiger partial charge in [-0.2, -0.15) is 10.1 Å². The molecule has 0 fully saturated rings. The van der Waals surface area contributed by atoms with Gasteiger partial charge in [-0.25, -0.2) is 9.40 Å². The second-order valence-electron chi connectivity index (χ2n) is 8.13. The number of anilines is 1. The summed E-state index contributed by atoms with van der Waals surface area (Å²) in [6, 6.07) is 23.0. The van der Waals surface area contributed by atoms with E-state index in [-0.39, 0.29) is 30.1 Å². The Kier molecular flexibility index (Phi) is 6.79. The van der Waals surface area contributed by atoms with Gasteiger partial charge in [0.15, 0.2) is 5.17 Å². The minimum Gasteiger partial charge on any atom is -0.326 e. The lowest BCUT2D eigenvalue weighted by Crippen LogP contribution is -2.25. The third-order valence-electron chi connectivity index (χ3n) is 5.68. The number of rotatable bonds is 5. The van der Waals surface area contributed by atoms with Gasteiger partial charge in [-0.3, -0.25) is 9.59 Å². The first kappa shape index (κ1) is 23.4. The fraction of sp³-hybridized carbons (Fsp3) is 0.154. The quantitative estimate of drug-likeness (QED) is 0.437. The molecule has 0 aromatic heterocycles. The van der Waals surface area contributed by atoms with Crippen molar-refractivity contribution in [3.63, 3.8) is 0 Å². The van der Waals surface area contributed by atoms with Crippen LogP contribution in [0.15, 0.2) is 93.4 Å². The Labute approximate surface area is 214 Å². The predicted molar refractivity (Wildman–Crippen MR) is 140 cm³/mol. The van der Waals surface area contributed by atoms with Crippen LogP contribution in [0.5, 0.6) is 0 Å². The van der Waals surface area contributed by atoms with Crippen molar-refractivity contribution in [1.29, 1.82) is 0 Å². The number of aliphatic imine (C=N–C) groups is 1.